The van der Waals surface area contributed by atoms with Gasteiger partial charge in [-0.05, 0) is 30.2 Å². The number of hydrogen-bond acceptors (Lipinski definition) is 8. The van der Waals surface area contributed by atoms with Crippen molar-refractivity contribution in [1.29, 1.82) is 0 Å². The Morgan fingerprint density at radius 3 is 2.70 bits per heavy atom. The highest BCUT2D eigenvalue weighted by Crippen LogP contribution is 2.14. The Morgan fingerprint density at radius 2 is 2.00 bits per heavy atom. The monoisotopic (exact) mass is 412 g/mol. The summed E-state index contributed by atoms with van der Waals surface area (Å²) in [6.07, 6.45) is 6.93. The van der Waals surface area contributed by atoms with Crippen LogP contribution in [0.25, 0.3) is 6.08 Å². The highest BCUT2D eigenvalue weighted by atomic mass is 16.5. The van der Waals surface area contributed by atoms with Gasteiger partial charge >= 0.3 is 5.97 Å². The molecule has 0 saturated carbocycles. The normalized spacial score (nSPS) is 14.6. The van der Waals surface area contributed by atoms with Crippen LogP contribution in [0.3, 0.4) is 0 Å². The third-order valence-corrected chi connectivity index (χ3v) is 4.59. The van der Waals surface area contributed by atoms with E-state index in [1.807, 2.05) is 12.1 Å². The number of nitrogens with zero attached hydrogens (tertiary/aromatic N) is 3. The standard InChI is InChI=1S/C22H28N4O4/c1-28-22(27)8-5-19-15-25-21(16-24-19)23-9-2-12-30-20-6-3-18(4-7-20)17-26-10-13-29-14-11-26/h3-8,15-16H,2,9-14,17H2,1H3,(H,23,25). The van der Waals surface area contributed by atoms with Crippen molar-refractivity contribution >= 4 is 17.9 Å². The minimum atomic E-state index is -0.425. The summed E-state index contributed by atoms with van der Waals surface area (Å²) in [6, 6.07) is 8.29. The number of methoxy groups -OCH3 is 1. The molecule has 8 nitrogen and oxygen atoms in total. The number of morpholine rings is 1. The summed E-state index contributed by atoms with van der Waals surface area (Å²) in [5.41, 5.74) is 1.88. The molecule has 2 aromatic rings. The zero-order valence-electron chi connectivity index (χ0n) is 17.3. The average Bonchev–Trinajstić information content (AvgIpc) is 2.80. The number of hydrogen-bond donors (Lipinski definition) is 1. The second kappa shape index (κ2) is 11.9. The van der Waals surface area contributed by atoms with E-state index in [0.29, 0.717) is 18.1 Å². The molecule has 1 saturated heterocycles. The summed E-state index contributed by atoms with van der Waals surface area (Å²) in [4.78, 5) is 22.0. The summed E-state index contributed by atoms with van der Waals surface area (Å²) in [5.74, 6) is 1.13. The number of nitrogens with one attached hydrogen (secondary N) is 1. The fraction of sp³-hybridized carbons (Fsp3) is 0.409. The molecule has 0 spiro atoms. The summed E-state index contributed by atoms with van der Waals surface area (Å²) < 4.78 is 15.7. The van der Waals surface area contributed by atoms with E-state index in [0.717, 1.165) is 51.6 Å². The lowest BCUT2D eigenvalue weighted by Gasteiger charge is -2.26. The van der Waals surface area contributed by atoms with Crippen molar-refractivity contribution in [2.75, 3.05) is 51.9 Å². The number of rotatable bonds is 10. The van der Waals surface area contributed by atoms with Gasteiger partial charge in [0, 0.05) is 32.3 Å². The van der Waals surface area contributed by atoms with Crippen LogP contribution in [0, 0.1) is 0 Å². The number of ether oxygens (including phenoxy) is 3. The molecule has 1 aromatic heterocycles. The molecule has 30 heavy (non-hydrogen) atoms. The van der Waals surface area contributed by atoms with Crippen LogP contribution < -0.4 is 10.1 Å². The lowest BCUT2D eigenvalue weighted by Crippen LogP contribution is -2.35. The first-order chi connectivity index (χ1) is 14.7. The van der Waals surface area contributed by atoms with Crippen LogP contribution in [0.4, 0.5) is 5.82 Å². The smallest absolute Gasteiger partial charge is 0.330 e. The molecule has 2 heterocycles. The first-order valence-electron chi connectivity index (χ1n) is 10.1. The Morgan fingerprint density at radius 1 is 1.20 bits per heavy atom. The van der Waals surface area contributed by atoms with E-state index >= 15 is 0 Å². The molecule has 0 atom stereocenters. The van der Waals surface area contributed by atoms with Crippen LogP contribution >= 0.6 is 0 Å². The van der Waals surface area contributed by atoms with Crippen LogP contribution in [0.2, 0.25) is 0 Å². The fourth-order valence-electron chi connectivity index (χ4n) is 2.92. The third-order valence-electron chi connectivity index (χ3n) is 4.59. The molecule has 1 aromatic carbocycles. The number of carbonyl (C=O) groups is 1. The zero-order chi connectivity index (χ0) is 21.0. The molecular formula is C22H28N4O4. The molecule has 0 aliphatic carbocycles. The fourth-order valence-corrected chi connectivity index (χ4v) is 2.92. The Labute approximate surface area is 176 Å². The predicted octanol–water partition coefficient (Wildman–Crippen LogP) is 2.38. The van der Waals surface area contributed by atoms with E-state index < -0.39 is 5.97 Å². The minimum Gasteiger partial charge on any atom is -0.494 e. The molecule has 1 fully saturated rings. The maximum atomic E-state index is 11.1. The van der Waals surface area contributed by atoms with Crippen molar-refractivity contribution in [3.8, 4) is 5.75 Å². The van der Waals surface area contributed by atoms with Crippen molar-refractivity contribution in [1.82, 2.24) is 14.9 Å². The molecular weight excluding hydrogens is 384 g/mol. The van der Waals surface area contributed by atoms with Crippen LogP contribution in [0.5, 0.6) is 5.75 Å². The molecule has 0 amide bonds. The van der Waals surface area contributed by atoms with Gasteiger partial charge in [-0.2, -0.15) is 0 Å². The quantitative estimate of drug-likeness (QED) is 0.362. The van der Waals surface area contributed by atoms with E-state index in [1.54, 1.807) is 18.5 Å². The number of carbonyl (C=O) groups excluding carboxylic acids is 1. The third kappa shape index (κ3) is 7.46. The van der Waals surface area contributed by atoms with E-state index in [1.165, 1.54) is 18.7 Å². The van der Waals surface area contributed by atoms with Crippen LogP contribution in [0.1, 0.15) is 17.7 Å². The van der Waals surface area contributed by atoms with Gasteiger partial charge in [0.25, 0.3) is 0 Å². The first-order valence-corrected chi connectivity index (χ1v) is 10.1. The van der Waals surface area contributed by atoms with Gasteiger partial charge in [0.1, 0.15) is 11.6 Å². The lowest BCUT2D eigenvalue weighted by molar-refractivity contribution is -0.134. The molecule has 8 heteroatoms. The van der Waals surface area contributed by atoms with Crippen molar-refractivity contribution in [3.63, 3.8) is 0 Å². The van der Waals surface area contributed by atoms with Crippen molar-refractivity contribution in [3.05, 3.63) is 54.0 Å². The Kier molecular flexibility index (Phi) is 8.62. The van der Waals surface area contributed by atoms with Crippen LogP contribution in [0.15, 0.2) is 42.7 Å². The zero-order valence-corrected chi connectivity index (χ0v) is 17.3. The minimum absolute atomic E-state index is 0.425. The largest absolute Gasteiger partial charge is 0.494 e. The van der Waals surface area contributed by atoms with E-state index in [9.17, 15) is 4.79 Å². The maximum absolute atomic E-state index is 11.1. The molecule has 0 radical (unpaired) electrons. The van der Waals surface area contributed by atoms with Gasteiger partial charge < -0.3 is 19.5 Å². The van der Waals surface area contributed by atoms with E-state index in [-0.39, 0.29) is 0 Å². The molecule has 0 bridgehead atoms. The summed E-state index contributed by atoms with van der Waals surface area (Å²) >= 11 is 0. The van der Waals surface area contributed by atoms with Crippen molar-refractivity contribution in [2.45, 2.75) is 13.0 Å². The summed E-state index contributed by atoms with van der Waals surface area (Å²) in [6.45, 7) is 5.90. The topological polar surface area (TPSA) is 85.8 Å². The predicted molar refractivity (Wildman–Crippen MR) is 114 cm³/mol. The van der Waals surface area contributed by atoms with E-state index in [4.69, 9.17) is 9.47 Å². The number of anilines is 1. The van der Waals surface area contributed by atoms with Gasteiger partial charge in [0.15, 0.2) is 0 Å². The number of benzene rings is 1. The summed E-state index contributed by atoms with van der Waals surface area (Å²) in [5, 5.41) is 3.20. The van der Waals surface area contributed by atoms with Gasteiger partial charge in [-0.1, -0.05) is 12.1 Å². The summed E-state index contributed by atoms with van der Waals surface area (Å²) in [7, 11) is 1.33. The highest BCUT2D eigenvalue weighted by molar-refractivity contribution is 5.86. The Hall–Kier alpha value is -2.97. The lowest BCUT2D eigenvalue weighted by atomic mass is 10.2. The second-order valence-corrected chi connectivity index (χ2v) is 6.84. The van der Waals surface area contributed by atoms with Crippen molar-refractivity contribution < 1.29 is 19.0 Å². The number of aromatic nitrogens is 2. The van der Waals surface area contributed by atoms with Crippen LogP contribution in [-0.2, 0) is 20.8 Å². The van der Waals surface area contributed by atoms with Gasteiger partial charge in [0.05, 0.1) is 45.0 Å². The maximum Gasteiger partial charge on any atom is 0.330 e. The average molecular weight is 412 g/mol. The van der Waals surface area contributed by atoms with Gasteiger partial charge in [-0.25, -0.2) is 9.78 Å². The molecule has 3 rings (SSSR count). The SMILES string of the molecule is COC(=O)C=Cc1cnc(NCCCOc2ccc(CN3CCOCC3)cc2)cn1. The first kappa shape index (κ1) is 21.7. The molecule has 1 aliphatic heterocycles. The van der Waals surface area contributed by atoms with Gasteiger partial charge in [-0.3, -0.25) is 9.88 Å². The molecule has 1 aliphatic rings. The molecule has 160 valence electrons. The van der Waals surface area contributed by atoms with E-state index in [2.05, 4.69) is 37.1 Å². The van der Waals surface area contributed by atoms with Gasteiger partial charge in [-0.15, -0.1) is 0 Å². The number of esters is 1. The van der Waals surface area contributed by atoms with Crippen LogP contribution in [-0.4, -0.2) is 67.4 Å². The highest BCUT2D eigenvalue weighted by Gasteiger charge is 2.10. The van der Waals surface area contributed by atoms with Gasteiger partial charge in [0.2, 0.25) is 0 Å². The molecule has 1 N–H and O–H groups in total. The Balaban J connectivity index is 1.32. The second-order valence-electron chi connectivity index (χ2n) is 6.84. The Bertz CT molecular complexity index is 803. The molecule has 0 unspecified atom stereocenters. The van der Waals surface area contributed by atoms with Crippen molar-refractivity contribution in [2.24, 2.45) is 0 Å².